The maximum Gasteiger partial charge on any atom is 0.0446 e. The van der Waals surface area contributed by atoms with Crippen LogP contribution in [0.1, 0.15) is 23.1 Å². The molecule has 2 nitrogen and oxygen atoms in total. The van der Waals surface area contributed by atoms with Crippen LogP contribution in [0.25, 0.3) is 5.57 Å². The van der Waals surface area contributed by atoms with E-state index in [1.807, 2.05) is 0 Å². The third-order valence-corrected chi connectivity index (χ3v) is 4.25. The van der Waals surface area contributed by atoms with Crippen LogP contribution in [0.3, 0.4) is 0 Å². The Morgan fingerprint density at radius 2 is 1.68 bits per heavy atom. The van der Waals surface area contributed by atoms with Gasteiger partial charge in [-0.25, -0.2) is 0 Å². The fourth-order valence-corrected chi connectivity index (χ4v) is 3.13. The molecule has 2 aromatic carbocycles. The molecule has 0 unspecified atom stereocenters. The topological polar surface area (TPSA) is 6.48 Å². The van der Waals surface area contributed by atoms with Gasteiger partial charge < -0.3 is 9.80 Å². The molecule has 0 bridgehead atoms. The lowest BCUT2D eigenvalue weighted by Gasteiger charge is -2.19. The van der Waals surface area contributed by atoms with Crippen molar-refractivity contribution in [2.45, 2.75) is 13.0 Å². The van der Waals surface area contributed by atoms with Gasteiger partial charge in [0.1, 0.15) is 0 Å². The predicted octanol–water partition coefficient (Wildman–Crippen LogP) is 4.02. The number of hydrogen-bond donors (Lipinski definition) is 0. The number of anilines is 1. The van der Waals surface area contributed by atoms with E-state index in [2.05, 4.69) is 85.5 Å². The number of fused-ring (bicyclic) bond motifs is 2. The quantitative estimate of drug-likeness (QED) is 0.843. The molecule has 0 radical (unpaired) electrons. The molecule has 22 heavy (non-hydrogen) atoms. The van der Waals surface area contributed by atoms with Crippen LogP contribution >= 0.6 is 0 Å². The first-order valence-corrected chi connectivity index (χ1v) is 7.90. The van der Waals surface area contributed by atoms with E-state index in [-0.39, 0.29) is 0 Å². The Labute approximate surface area is 133 Å². The SMILES string of the molecule is CN(C)CC/C=C1\c2ccccc2CN(C)c2ccccc21. The smallest absolute Gasteiger partial charge is 0.0446 e. The molecular weight excluding hydrogens is 268 g/mol. The fraction of sp³-hybridized carbons (Fsp3) is 0.300. The first kappa shape index (κ1) is 14.9. The molecule has 0 N–H and O–H groups in total. The van der Waals surface area contributed by atoms with Gasteiger partial charge in [-0.3, -0.25) is 0 Å². The van der Waals surface area contributed by atoms with E-state index in [4.69, 9.17) is 0 Å². The third kappa shape index (κ3) is 2.93. The standard InChI is InChI=1S/C20H24N2/c1-21(2)14-8-12-18-17-10-5-4-9-16(17)15-22(3)20-13-7-6-11-19(18)20/h4-7,9-13H,8,14-15H2,1-3H3/b18-12+. The molecule has 0 atom stereocenters. The Morgan fingerprint density at radius 1 is 1.00 bits per heavy atom. The summed E-state index contributed by atoms with van der Waals surface area (Å²) in [5.74, 6) is 0. The zero-order valence-electron chi connectivity index (χ0n) is 13.7. The highest BCUT2D eigenvalue weighted by Crippen LogP contribution is 2.37. The van der Waals surface area contributed by atoms with Crippen LogP contribution in [-0.2, 0) is 6.54 Å². The summed E-state index contributed by atoms with van der Waals surface area (Å²) in [6.45, 7) is 2.03. The molecule has 2 aromatic rings. The third-order valence-electron chi connectivity index (χ3n) is 4.25. The minimum Gasteiger partial charge on any atom is -0.370 e. The van der Waals surface area contributed by atoms with Crippen molar-refractivity contribution in [3.63, 3.8) is 0 Å². The molecule has 0 aliphatic carbocycles. The van der Waals surface area contributed by atoms with Gasteiger partial charge in [-0.1, -0.05) is 48.5 Å². The summed E-state index contributed by atoms with van der Waals surface area (Å²) in [6.07, 6.45) is 3.46. The lowest BCUT2D eigenvalue weighted by Crippen LogP contribution is -2.16. The van der Waals surface area contributed by atoms with Crippen LogP contribution in [-0.4, -0.2) is 32.6 Å². The van der Waals surface area contributed by atoms with Gasteiger partial charge in [0.25, 0.3) is 0 Å². The van der Waals surface area contributed by atoms with E-state index in [0.29, 0.717) is 0 Å². The molecule has 114 valence electrons. The average Bonchev–Trinajstić information content (AvgIpc) is 2.63. The first-order chi connectivity index (χ1) is 10.7. The van der Waals surface area contributed by atoms with E-state index in [1.165, 1.54) is 28.0 Å². The Balaban J connectivity index is 2.11. The van der Waals surface area contributed by atoms with Crippen LogP contribution in [0.2, 0.25) is 0 Å². The molecule has 3 rings (SSSR count). The molecule has 0 saturated carbocycles. The van der Waals surface area contributed by atoms with E-state index < -0.39 is 0 Å². The molecule has 0 spiro atoms. The number of nitrogens with zero attached hydrogens (tertiary/aromatic N) is 2. The van der Waals surface area contributed by atoms with Crippen molar-refractivity contribution in [2.75, 3.05) is 32.6 Å². The average molecular weight is 292 g/mol. The van der Waals surface area contributed by atoms with E-state index >= 15 is 0 Å². The van der Waals surface area contributed by atoms with Gasteiger partial charge in [-0.15, -0.1) is 0 Å². The molecular formula is C20H24N2. The van der Waals surface area contributed by atoms with Gasteiger partial charge >= 0.3 is 0 Å². The van der Waals surface area contributed by atoms with E-state index in [1.54, 1.807) is 0 Å². The molecule has 0 aromatic heterocycles. The Kier molecular flexibility index (Phi) is 4.30. The number of benzene rings is 2. The molecule has 0 amide bonds. The summed E-state index contributed by atoms with van der Waals surface area (Å²) in [7, 11) is 6.43. The van der Waals surface area contributed by atoms with Gasteiger partial charge in [0.05, 0.1) is 0 Å². The monoisotopic (exact) mass is 292 g/mol. The highest BCUT2D eigenvalue weighted by Gasteiger charge is 2.19. The van der Waals surface area contributed by atoms with Crippen molar-refractivity contribution in [3.8, 4) is 0 Å². The number of rotatable bonds is 3. The highest BCUT2D eigenvalue weighted by atomic mass is 15.1. The molecule has 1 aliphatic rings. The summed E-state index contributed by atoms with van der Waals surface area (Å²) in [5, 5.41) is 0. The highest BCUT2D eigenvalue weighted by molar-refractivity contribution is 5.89. The number of para-hydroxylation sites is 1. The fourth-order valence-electron chi connectivity index (χ4n) is 3.13. The normalized spacial score (nSPS) is 15.6. The van der Waals surface area contributed by atoms with Crippen molar-refractivity contribution < 1.29 is 0 Å². The minimum absolute atomic E-state index is 0.957. The summed E-state index contributed by atoms with van der Waals surface area (Å²) < 4.78 is 0. The van der Waals surface area contributed by atoms with Crippen molar-refractivity contribution in [1.82, 2.24) is 4.90 Å². The summed E-state index contributed by atoms with van der Waals surface area (Å²) in [6, 6.07) is 17.5. The van der Waals surface area contributed by atoms with Gasteiger partial charge in [-0.2, -0.15) is 0 Å². The van der Waals surface area contributed by atoms with Crippen molar-refractivity contribution in [2.24, 2.45) is 0 Å². The molecule has 1 aliphatic heterocycles. The van der Waals surface area contributed by atoms with Gasteiger partial charge in [0.15, 0.2) is 0 Å². The molecule has 2 heteroatoms. The lowest BCUT2D eigenvalue weighted by molar-refractivity contribution is 0.417. The predicted molar refractivity (Wildman–Crippen MR) is 95.2 cm³/mol. The minimum atomic E-state index is 0.957. The lowest BCUT2D eigenvalue weighted by atomic mass is 9.93. The van der Waals surface area contributed by atoms with E-state index in [9.17, 15) is 0 Å². The molecule has 1 heterocycles. The van der Waals surface area contributed by atoms with Crippen LogP contribution in [0.15, 0.2) is 54.6 Å². The second-order valence-corrected chi connectivity index (χ2v) is 6.24. The first-order valence-electron chi connectivity index (χ1n) is 7.90. The van der Waals surface area contributed by atoms with Gasteiger partial charge in [0.2, 0.25) is 0 Å². The van der Waals surface area contributed by atoms with Gasteiger partial charge in [-0.05, 0) is 43.3 Å². The molecule has 0 saturated heterocycles. The zero-order chi connectivity index (χ0) is 15.5. The summed E-state index contributed by atoms with van der Waals surface area (Å²) >= 11 is 0. The van der Waals surface area contributed by atoms with Crippen LogP contribution in [0, 0.1) is 0 Å². The zero-order valence-corrected chi connectivity index (χ0v) is 13.7. The second kappa shape index (κ2) is 6.37. The van der Waals surface area contributed by atoms with E-state index in [0.717, 1.165) is 19.5 Å². The summed E-state index contributed by atoms with van der Waals surface area (Å²) in [5.41, 5.74) is 6.80. The Bertz CT molecular complexity index is 686. The van der Waals surface area contributed by atoms with Crippen LogP contribution in [0.5, 0.6) is 0 Å². The maximum atomic E-state index is 2.40. The second-order valence-electron chi connectivity index (χ2n) is 6.24. The Morgan fingerprint density at radius 3 is 2.45 bits per heavy atom. The van der Waals surface area contributed by atoms with Gasteiger partial charge in [0, 0.05) is 31.4 Å². The van der Waals surface area contributed by atoms with Crippen LogP contribution < -0.4 is 4.90 Å². The van der Waals surface area contributed by atoms with Crippen molar-refractivity contribution in [3.05, 3.63) is 71.3 Å². The van der Waals surface area contributed by atoms with Crippen LogP contribution in [0.4, 0.5) is 5.69 Å². The molecule has 0 fully saturated rings. The number of hydrogen-bond acceptors (Lipinski definition) is 2. The largest absolute Gasteiger partial charge is 0.370 e. The summed E-state index contributed by atoms with van der Waals surface area (Å²) in [4.78, 5) is 4.58. The Hall–Kier alpha value is -2.06. The maximum absolute atomic E-state index is 2.40. The van der Waals surface area contributed by atoms with Crippen molar-refractivity contribution in [1.29, 1.82) is 0 Å². The van der Waals surface area contributed by atoms with Crippen molar-refractivity contribution >= 4 is 11.3 Å².